The van der Waals surface area contributed by atoms with Gasteiger partial charge in [-0.3, -0.25) is 0 Å². The second kappa shape index (κ2) is 8.27. The summed E-state index contributed by atoms with van der Waals surface area (Å²) in [6.45, 7) is 0.818. The van der Waals surface area contributed by atoms with Crippen molar-refractivity contribution >= 4 is 10.0 Å². The molecule has 0 radical (unpaired) electrons. The zero-order valence-corrected chi connectivity index (χ0v) is 16.3. The minimum absolute atomic E-state index is 0.0344. The van der Waals surface area contributed by atoms with Crippen LogP contribution in [0, 0.1) is 5.82 Å². The number of benzene rings is 2. The van der Waals surface area contributed by atoms with E-state index < -0.39 is 10.0 Å². The molecule has 1 saturated heterocycles. The zero-order chi connectivity index (χ0) is 19.4. The summed E-state index contributed by atoms with van der Waals surface area (Å²) in [6, 6.07) is 11.0. The lowest BCUT2D eigenvalue weighted by Crippen LogP contribution is -2.34. The smallest absolute Gasteiger partial charge is 0.246 e. The Hall–Kier alpha value is -2.12. The predicted molar refractivity (Wildman–Crippen MR) is 101 cm³/mol. The Morgan fingerprint density at radius 3 is 2.44 bits per heavy atom. The zero-order valence-electron chi connectivity index (χ0n) is 15.5. The first-order chi connectivity index (χ1) is 13.0. The van der Waals surface area contributed by atoms with Crippen LogP contribution in [0.2, 0.25) is 0 Å². The molecule has 27 heavy (non-hydrogen) atoms. The van der Waals surface area contributed by atoms with E-state index in [0.717, 1.165) is 24.8 Å². The van der Waals surface area contributed by atoms with Crippen molar-refractivity contribution in [2.24, 2.45) is 0 Å². The average Bonchev–Trinajstić information content (AvgIpc) is 2.95. The first kappa shape index (κ1) is 19.6. The Morgan fingerprint density at radius 1 is 1.04 bits per heavy atom. The van der Waals surface area contributed by atoms with Crippen LogP contribution in [0.1, 0.15) is 30.7 Å². The molecule has 1 atom stereocenters. The van der Waals surface area contributed by atoms with Crippen molar-refractivity contribution in [1.82, 2.24) is 4.31 Å². The number of rotatable bonds is 5. The van der Waals surface area contributed by atoms with Gasteiger partial charge in [-0.1, -0.05) is 18.6 Å². The van der Waals surface area contributed by atoms with Gasteiger partial charge in [-0.25, -0.2) is 12.8 Å². The summed E-state index contributed by atoms with van der Waals surface area (Å²) in [7, 11) is -0.763. The van der Waals surface area contributed by atoms with Gasteiger partial charge in [0.2, 0.25) is 10.0 Å². The molecule has 7 heteroatoms. The molecule has 0 N–H and O–H groups in total. The summed E-state index contributed by atoms with van der Waals surface area (Å²) in [6.07, 6.45) is 2.58. The molecule has 0 saturated carbocycles. The number of hydrogen-bond acceptors (Lipinski definition) is 4. The SMILES string of the molecule is COc1ccc(S(=O)(=O)N2CCCCC(c3ccc(F)cc3)C2)c(OC)c1. The lowest BCUT2D eigenvalue weighted by atomic mass is 9.95. The lowest BCUT2D eigenvalue weighted by molar-refractivity contribution is 0.377. The molecule has 146 valence electrons. The van der Waals surface area contributed by atoms with E-state index in [0.29, 0.717) is 18.8 Å². The van der Waals surface area contributed by atoms with E-state index >= 15 is 0 Å². The largest absolute Gasteiger partial charge is 0.497 e. The Kier molecular flexibility index (Phi) is 6.01. The monoisotopic (exact) mass is 393 g/mol. The molecule has 1 unspecified atom stereocenters. The van der Waals surface area contributed by atoms with E-state index in [1.807, 2.05) is 0 Å². The van der Waals surface area contributed by atoms with Gasteiger partial charge in [0.1, 0.15) is 22.2 Å². The number of nitrogens with zero attached hydrogens (tertiary/aromatic N) is 1. The fourth-order valence-electron chi connectivity index (χ4n) is 3.46. The number of ether oxygens (including phenoxy) is 2. The molecule has 1 fully saturated rings. The van der Waals surface area contributed by atoms with Crippen molar-refractivity contribution in [3.8, 4) is 11.5 Å². The molecular formula is C20H24FNO4S. The highest BCUT2D eigenvalue weighted by atomic mass is 32.2. The molecule has 0 aromatic heterocycles. The number of methoxy groups -OCH3 is 2. The van der Waals surface area contributed by atoms with Crippen LogP contribution in [0.4, 0.5) is 4.39 Å². The van der Waals surface area contributed by atoms with Crippen LogP contribution in [0.5, 0.6) is 11.5 Å². The summed E-state index contributed by atoms with van der Waals surface area (Å²) in [5.74, 6) is 0.537. The van der Waals surface area contributed by atoms with E-state index in [9.17, 15) is 12.8 Å². The maximum absolute atomic E-state index is 13.3. The van der Waals surface area contributed by atoms with Crippen LogP contribution in [0.3, 0.4) is 0 Å². The fourth-order valence-corrected chi connectivity index (χ4v) is 5.12. The van der Waals surface area contributed by atoms with Crippen molar-refractivity contribution in [2.75, 3.05) is 27.3 Å². The molecule has 1 heterocycles. The van der Waals surface area contributed by atoms with Crippen molar-refractivity contribution in [1.29, 1.82) is 0 Å². The van der Waals surface area contributed by atoms with Crippen LogP contribution in [-0.4, -0.2) is 40.0 Å². The normalized spacial score (nSPS) is 18.7. The van der Waals surface area contributed by atoms with Crippen molar-refractivity contribution < 1.29 is 22.3 Å². The first-order valence-electron chi connectivity index (χ1n) is 8.93. The van der Waals surface area contributed by atoms with Gasteiger partial charge >= 0.3 is 0 Å². The summed E-state index contributed by atoms with van der Waals surface area (Å²) < 4.78 is 51.8. The second-order valence-electron chi connectivity index (χ2n) is 6.62. The van der Waals surface area contributed by atoms with Crippen LogP contribution < -0.4 is 9.47 Å². The molecule has 0 aliphatic carbocycles. The summed E-state index contributed by atoms with van der Waals surface area (Å²) >= 11 is 0. The van der Waals surface area contributed by atoms with Crippen LogP contribution >= 0.6 is 0 Å². The van der Waals surface area contributed by atoms with Gasteiger partial charge < -0.3 is 9.47 Å². The number of halogens is 1. The van der Waals surface area contributed by atoms with Gasteiger partial charge in [0.25, 0.3) is 0 Å². The Morgan fingerprint density at radius 2 is 1.78 bits per heavy atom. The number of hydrogen-bond donors (Lipinski definition) is 0. The second-order valence-corrected chi connectivity index (χ2v) is 8.53. The standard InChI is InChI=1S/C20H24FNO4S/c1-25-18-10-11-20(19(13-18)26-2)27(23,24)22-12-4-3-5-16(14-22)15-6-8-17(21)9-7-15/h6-11,13,16H,3-5,12,14H2,1-2H3. The van der Waals surface area contributed by atoms with E-state index in [1.165, 1.54) is 36.7 Å². The molecule has 0 bridgehead atoms. The van der Waals surface area contributed by atoms with Gasteiger partial charge in [0.05, 0.1) is 14.2 Å². The fraction of sp³-hybridized carbons (Fsp3) is 0.400. The first-order valence-corrected chi connectivity index (χ1v) is 10.4. The molecule has 0 spiro atoms. The predicted octanol–water partition coefficient (Wildman–Crippen LogP) is 3.80. The summed E-state index contributed by atoms with van der Waals surface area (Å²) in [5, 5.41) is 0. The van der Waals surface area contributed by atoms with Gasteiger partial charge in [-0.2, -0.15) is 4.31 Å². The molecule has 2 aromatic carbocycles. The minimum atomic E-state index is -3.72. The van der Waals surface area contributed by atoms with Gasteiger partial charge in [-0.05, 0) is 48.6 Å². The van der Waals surface area contributed by atoms with Crippen molar-refractivity contribution in [3.63, 3.8) is 0 Å². The van der Waals surface area contributed by atoms with Crippen molar-refractivity contribution in [3.05, 3.63) is 53.8 Å². The third-order valence-corrected chi connectivity index (χ3v) is 6.87. The maximum Gasteiger partial charge on any atom is 0.246 e. The van der Waals surface area contributed by atoms with Crippen molar-refractivity contribution in [2.45, 2.75) is 30.1 Å². The van der Waals surface area contributed by atoms with Gasteiger partial charge in [0, 0.05) is 19.2 Å². The minimum Gasteiger partial charge on any atom is -0.497 e. The van der Waals surface area contributed by atoms with E-state index in [2.05, 4.69) is 0 Å². The Balaban J connectivity index is 1.92. The molecule has 1 aliphatic heterocycles. The van der Waals surface area contributed by atoms with Crippen LogP contribution in [0.25, 0.3) is 0 Å². The summed E-state index contributed by atoms with van der Waals surface area (Å²) in [4.78, 5) is 0.130. The topological polar surface area (TPSA) is 55.8 Å². The molecule has 1 aliphatic rings. The molecule has 0 amide bonds. The van der Waals surface area contributed by atoms with E-state index in [1.54, 1.807) is 24.3 Å². The lowest BCUT2D eigenvalue weighted by Gasteiger charge is -2.25. The highest BCUT2D eigenvalue weighted by Gasteiger charge is 2.31. The third kappa shape index (κ3) is 4.25. The summed E-state index contributed by atoms with van der Waals surface area (Å²) in [5.41, 5.74) is 0.959. The molecule has 3 rings (SSSR count). The molecule has 2 aromatic rings. The van der Waals surface area contributed by atoms with Gasteiger partial charge in [-0.15, -0.1) is 0 Å². The highest BCUT2D eigenvalue weighted by molar-refractivity contribution is 7.89. The quantitative estimate of drug-likeness (QED) is 0.775. The van der Waals surface area contributed by atoms with Crippen LogP contribution in [-0.2, 0) is 10.0 Å². The van der Waals surface area contributed by atoms with Gasteiger partial charge in [0.15, 0.2) is 0 Å². The Bertz CT molecular complexity index is 883. The average molecular weight is 393 g/mol. The van der Waals surface area contributed by atoms with E-state index in [4.69, 9.17) is 9.47 Å². The van der Waals surface area contributed by atoms with E-state index in [-0.39, 0.29) is 22.4 Å². The molecule has 5 nitrogen and oxygen atoms in total. The Labute approximate surface area is 159 Å². The third-order valence-electron chi connectivity index (χ3n) is 4.96. The molecular weight excluding hydrogens is 369 g/mol. The van der Waals surface area contributed by atoms with Crippen LogP contribution in [0.15, 0.2) is 47.4 Å². The maximum atomic E-state index is 13.3. The number of sulfonamides is 1. The highest BCUT2D eigenvalue weighted by Crippen LogP contribution is 2.34.